The molecule has 0 aromatic rings. The third-order valence-electron chi connectivity index (χ3n) is 6.81. The van der Waals surface area contributed by atoms with E-state index in [-0.39, 0.29) is 0 Å². The molecule has 0 aromatic heterocycles. The third kappa shape index (κ3) is 15.4. The number of halogens is 1. The summed E-state index contributed by atoms with van der Waals surface area (Å²) in [5, 5.41) is 0. The summed E-state index contributed by atoms with van der Waals surface area (Å²) in [6, 6.07) is 0. The Bertz CT molecular complexity index is 332. The Morgan fingerprint density at radius 3 is 1.32 bits per heavy atom. The maximum atomic E-state index is 6.13. The Hall–Kier alpha value is 0.507. The van der Waals surface area contributed by atoms with E-state index >= 15 is 0 Å². The zero-order valence-electron chi connectivity index (χ0n) is 20.7. The van der Waals surface area contributed by atoms with Crippen LogP contribution in [0.2, 0.25) is 25.2 Å². The highest BCUT2D eigenvalue weighted by molar-refractivity contribution is 6.77. The summed E-state index contributed by atoms with van der Waals surface area (Å²) in [5.41, 5.74) is 1.32. The molecule has 0 amide bonds. The van der Waals surface area contributed by atoms with E-state index < -0.39 is 8.07 Å². The summed E-state index contributed by atoms with van der Waals surface area (Å²) < 4.78 is 0. The molecule has 170 valence electrons. The van der Waals surface area contributed by atoms with Gasteiger partial charge in [0.2, 0.25) is 0 Å². The molecule has 0 aromatic carbocycles. The van der Waals surface area contributed by atoms with Gasteiger partial charge < -0.3 is 0 Å². The molecular formula is C26H55ClSi. The third-order valence-corrected chi connectivity index (χ3v) is 10.2. The molecule has 0 saturated carbocycles. The van der Waals surface area contributed by atoms with Crippen molar-refractivity contribution in [1.82, 2.24) is 0 Å². The molecule has 0 N–H and O–H groups in total. The normalized spacial score (nSPS) is 13.8. The van der Waals surface area contributed by atoms with Crippen molar-refractivity contribution >= 4 is 19.7 Å². The minimum atomic E-state index is -1.14. The molecule has 2 heteroatoms. The smallest absolute Gasteiger partial charge is 0.0479 e. The van der Waals surface area contributed by atoms with Crippen molar-refractivity contribution in [3.05, 3.63) is 0 Å². The number of unbranched alkanes of at least 4 members (excludes halogenated alkanes) is 14. The van der Waals surface area contributed by atoms with E-state index in [1.165, 1.54) is 109 Å². The summed E-state index contributed by atoms with van der Waals surface area (Å²) in [4.78, 5) is 0. The summed E-state index contributed by atoms with van der Waals surface area (Å²) in [6.07, 6.45) is 24.4. The fourth-order valence-electron chi connectivity index (χ4n) is 5.23. The van der Waals surface area contributed by atoms with E-state index in [9.17, 15) is 0 Å². The van der Waals surface area contributed by atoms with Crippen molar-refractivity contribution in [2.24, 2.45) is 5.41 Å². The van der Waals surface area contributed by atoms with Crippen LogP contribution in [0, 0.1) is 5.41 Å². The van der Waals surface area contributed by atoms with Gasteiger partial charge in [0.1, 0.15) is 0 Å². The van der Waals surface area contributed by atoms with E-state index in [0.717, 1.165) is 11.4 Å². The van der Waals surface area contributed by atoms with Crippen LogP contribution in [0.15, 0.2) is 0 Å². The summed E-state index contributed by atoms with van der Waals surface area (Å²) in [6.45, 7) is 14.9. The van der Waals surface area contributed by atoms with Crippen LogP contribution in [0.3, 0.4) is 0 Å². The summed E-state index contributed by atoms with van der Waals surface area (Å²) >= 11 is 6.13. The summed E-state index contributed by atoms with van der Waals surface area (Å²) in [5.74, 6) is 0.831. The first-order valence-corrected chi connectivity index (χ1v) is 16.9. The van der Waals surface area contributed by atoms with Gasteiger partial charge in [0, 0.05) is 14.0 Å². The average molecular weight is 431 g/mol. The highest BCUT2D eigenvalue weighted by Crippen LogP contribution is 2.45. The molecule has 28 heavy (non-hydrogen) atoms. The van der Waals surface area contributed by atoms with Crippen molar-refractivity contribution in [3.8, 4) is 0 Å². The van der Waals surface area contributed by atoms with E-state index in [2.05, 4.69) is 40.4 Å². The highest BCUT2D eigenvalue weighted by Gasteiger charge is 2.37. The first-order valence-electron chi connectivity index (χ1n) is 12.8. The van der Waals surface area contributed by atoms with Crippen LogP contribution < -0.4 is 0 Å². The molecule has 0 bridgehead atoms. The van der Waals surface area contributed by atoms with Gasteiger partial charge in [-0.1, -0.05) is 137 Å². The van der Waals surface area contributed by atoms with Crippen molar-refractivity contribution in [2.75, 3.05) is 5.88 Å². The van der Waals surface area contributed by atoms with Gasteiger partial charge >= 0.3 is 0 Å². The molecule has 1 unspecified atom stereocenters. The molecule has 0 heterocycles. The molecule has 0 aliphatic heterocycles. The number of hydrogen-bond acceptors (Lipinski definition) is 0. The SMILES string of the molecule is CCCCCCCCCCCCCCCCCC(C)(C)C(CCCl)[Si](C)(C)C. The Balaban J connectivity index is 3.58. The van der Waals surface area contributed by atoms with Crippen molar-refractivity contribution in [3.63, 3.8) is 0 Å². The Kier molecular flexibility index (Phi) is 17.5. The minimum Gasteiger partial charge on any atom is -0.127 e. The number of alkyl halides is 1. The molecule has 0 saturated heterocycles. The van der Waals surface area contributed by atoms with Gasteiger partial charge in [0.25, 0.3) is 0 Å². The van der Waals surface area contributed by atoms with Crippen LogP contribution in [0.4, 0.5) is 0 Å². The quantitative estimate of drug-likeness (QED) is 0.102. The second-order valence-electron chi connectivity index (χ2n) is 11.1. The van der Waals surface area contributed by atoms with Crippen LogP contribution in [-0.2, 0) is 0 Å². The fraction of sp³-hybridized carbons (Fsp3) is 1.00. The van der Waals surface area contributed by atoms with Gasteiger partial charge in [0.15, 0.2) is 0 Å². The monoisotopic (exact) mass is 430 g/mol. The van der Waals surface area contributed by atoms with Gasteiger partial charge in [-0.25, -0.2) is 0 Å². The Morgan fingerprint density at radius 2 is 1.00 bits per heavy atom. The van der Waals surface area contributed by atoms with Crippen LogP contribution in [0.5, 0.6) is 0 Å². The lowest BCUT2D eigenvalue weighted by Gasteiger charge is -2.42. The highest BCUT2D eigenvalue weighted by atomic mass is 35.5. The minimum absolute atomic E-state index is 0.468. The molecule has 0 spiro atoms. The maximum absolute atomic E-state index is 6.13. The van der Waals surface area contributed by atoms with E-state index in [4.69, 9.17) is 11.6 Å². The van der Waals surface area contributed by atoms with Gasteiger partial charge in [0.05, 0.1) is 0 Å². The number of rotatable bonds is 20. The van der Waals surface area contributed by atoms with Gasteiger partial charge in [-0.05, 0) is 23.8 Å². The van der Waals surface area contributed by atoms with Gasteiger partial charge in [-0.2, -0.15) is 0 Å². The maximum Gasteiger partial charge on any atom is 0.0479 e. The lowest BCUT2D eigenvalue weighted by molar-refractivity contribution is 0.285. The molecule has 0 aliphatic rings. The zero-order valence-corrected chi connectivity index (χ0v) is 22.4. The summed E-state index contributed by atoms with van der Waals surface area (Å²) in [7, 11) is -1.14. The Morgan fingerprint density at radius 1 is 0.643 bits per heavy atom. The fourth-order valence-corrected chi connectivity index (χ4v) is 9.13. The molecule has 0 radical (unpaired) electrons. The van der Waals surface area contributed by atoms with Gasteiger partial charge in [-0.15, -0.1) is 11.6 Å². The average Bonchev–Trinajstić information content (AvgIpc) is 2.61. The Labute approximate surface area is 186 Å². The molecule has 0 aliphatic carbocycles. The molecule has 0 fully saturated rings. The first kappa shape index (κ1) is 28.5. The number of hydrogen-bond donors (Lipinski definition) is 0. The lowest BCUT2D eigenvalue weighted by atomic mass is 9.82. The van der Waals surface area contributed by atoms with Crippen molar-refractivity contribution < 1.29 is 0 Å². The molecule has 1 atom stereocenters. The van der Waals surface area contributed by atoms with E-state index in [1.807, 2.05) is 0 Å². The largest absolute Gasteiger partial charge is 0.127 e. The van der Waals surface area contributed by atoms with Gasteiger partial charge in [-0.3, -0.25) is 0 Å². The standard InChI is InChI=1S/C26H55ClSi/c1-7-8-9-10-11-12-13-14-15-16-17-18-19-20-21-23-26(2,3)25(22-24-27)28(4,5)6/h25H,7-24H2,1-6H3. The van der Waals surface area contributed by atoms with Crippen molar-refractivity contribution in [2.45, 2.75) is 155 Å². The predicted molar refractivity (Wildman–Crippen MR) is 136 cm³/mol. The van der Waals surface area contributed by atoms with Crippen LogP contribution in [0.25, 0.3) is 0 Å². The second kappa shape index (κ2) is 17.2. The van der Waals surface area contributed by atoms with Crippen molar-refractivity contribution in [1.29, 1.82) is 0 Å². The zero-order chi connectivity index (χ0) is 21.3. The van der Waals surface area contributed by atoms with E-state index in [1.54, 1.807) is 0 Å². The molecule has 0 rings (SSSR count). The second-order valence-corrected chi connectivity index (χ2v) is 16.9. The lowest BCUT2D eigenvalue weighted by Crippen LogP contribution is -2.38. The molecular weight excluding hydrogens is 376 g/mol. The van der Waals surface area contributed by atoms with Crippen LogP contribution in [-0.4, -0.2) is 14.0 Å². The molecule has 0 nitrogen and oxygen atoms in total. The first-order chi connectivity index (χ1) is 13.3. The van der Waals surface area contributed by atoms with Crippen LogP contribution >= 0.6 is 11.6 Å². The predicted octanol–water partition coefficient (Wildman–Crippen LogP) is 10.6. The van der Waals surface area contributed by atoms with Crippen LogP contribution in [0.1, 0.15) is 130 Å². The topological polar surface area (TPSA) is 0 Å². The van der Waals surface area contributed by atoms with E-state index in [0.29, 0.717) is 5.41 Å².